The maximum atomic E-state index is 13.2. The Balaban J connectivity index is 2.02. The van der Waals surface area contributed by atoms with Crippen LogP contribution in [0.3, 0.4) is 0 Å². The zero-order valence-electron chi connectivity index (χ0n) is 15.6. The van der Waals surface area contributed by atoms with E-state index in [0.29, 0.717) is 5.56 Å². The summed E-state index contributed by atoms with van der Waals surface area (Å²) in [7, 11) is 0. The minimum atomic E-state index is -3.09. The molecule has 8 heteroatoms. The monoisotopic (exact) mass is 407 g/mol. The molecule has 0 aliphatic rings. The number of nitrogens with two attached hydrogens (primary N) is 1. The molecule has 0 saturated carbocycles. The molecule has 2 aromatic carbocycles. The van der Waals surface area contributed by atoms with Crippen molar-refractivity contribution in [2.24, 2.45) is 5.73 Å². The van der Waals surface area contributed by atoms with Crippen molar-refractivity contribution < 1.29 is 18.7 Å². The second-order valence-corrected chi connectivity index (χ2v) is 7.18. The minimum absolute atomic E-state index is 0.212. The lowest BCUT2D eigenvalue weighted by Crippen LogP contribution is -2.70. The zero-order chi connectivity index (χ0) is 20.9. The lowest BCUT2D eigenvalue weighted by molar-refractivity contribution is -0.117. The predicted molar refractivity (Wildman–Crippen MR) is 109 cm³/mol. The first-order chi connectivity index (χ1) is 13.1. The topological polar surface area (TPSA) is 87.4 Å². The van der Waals surface area contributed by atoms with E-state index in [0.717, 1.165) is 18.1 Å². The summed E-state index contributed by atoms with van der Waals surface area (Å²) >= 11 is 4.84. The maximum Gasteiger partial charge on any atom is 0.268 e. The summed E-state index contributed by atoms with van der Waals surface area (Å²) in [4.78, 5) is 12.0. The molecule has 0 heterocycles. The van der Waals surface area contributed by atoms with Crippen molar-refractivity contribution >= 4 is 23.1 Å². The molecule has 0 fully saturated rings. The molecule has 28 heavy (non-hydrogen) atoms. The van der Waals surface area contributed by atoms with Crippen LogP contribution in [0.1, 0.15) is 24.2 Å². The van der Waals surface area contributed by atoms with E-state index < -0.39 is 23.5 Å². The van der Waals surface area contributed by atoms with Gasteiger partial charge >= 0.3 is 0 Å². The molecular weight excluding hydrogens is 384 g/mol. The summed E-state index contributed by atoms with van der Waals surface area (Å²) in [6.07, 6.45) is -3.09. The number of rotatable bonds is 8. The van der Waals surface area contributed by atoms with Crippen LogP contribution < -0.4 is 16.4 Å². The molecule has 150 valence electrons. The Morgan fingerprint density at radius 2 is 1.64 bits per heavy atom. The normalized spacial score (nSPS) is 15.5. The second-order valence-electron chi connectivity index (χ2n) is 6.74. The number of alkyl halides is 2. The fourth-order valence-corrected chi connectivity index (χ4v) is 2.86. The van der Waals surface area contributed by atoms with E-state index in [9.17, 15) is 18.7 Å². The van der Waals surface area contributed by atoms with Crippen LogP contribution in [0.5, 0.6) is 0 Å². The van der Waals surface area contributed by atoms with Crippen LogP contribution in [0.4, 0.5) is 8.78 Å². The SMILES string of the molecule is CC(NCNC(=O)c1ccc(-c2ccccc2)cc1)(C(N)=S)C(C)(O)C(F)F. The number of halogens is 2. The quantitative estimate of drug-likeness (QED) is 0.399. The number of thiocarbonyl (C=S) groups is 1. The summed E-state index contributed by atoms with van der Waals surface area (Å²) in [6.45, 7) is 1.99. The molecule has 0 saturated heterocycles. The molecular formula is C20H23F2N3O2S. The van der Waals surface area contributed by atoms with Crippen molar-refractivity contribution in [1.29, 1.82) is 0 Å². The van der Waals surface area contributed by atoms with Crippen molar-refractivity contribution in [1.82, 2.24) is 10.6 Å². The molecule has 0 aliphatic heterocycles. The largest absolute Gasteiger partial charge is 0.392 e. The van der Waals surface area contributed by atoms with E-state index >= 15 is 0 Å². The van der Waals surface area contributed by atoms with Gasteiger partial charge in [0, 0.05) is 5.56 Å². The van der Waals surface area contributed by atoms with Crippen LogP contribution in [0, 0.1) is 0 Å². The molecule has 5 nitrogen and oxygen atoms in total. The summed E-state index contributed by atoms with van der Waals surface area (Å²) in [6, 6.07) is 16.7. The molecule has 0 radical (unpaired) electrons. The highest BCUT2D eigenvalue weighted by molar-refractivity contribution is 7.80. The van der Waals surface area contributed by atoms with Gasteiger partial charge < -0.3 is 16.2 Å². The van der Waals surface area contributed by atoms with Gasteiger partial charge in [0.1, 0.15) is 11.1 Å². The third-order valence-electron chi connectivity index (χ3n) is 4.88. The molecule has 2 atom stereocenters. The van der Waals surface area contributed by atoms with E-state index in [4.69, 9.17) is 18.0 Å². The molecule has 0 aliphatic carbocycles. The Morgan fingerprint density at radius 3 is 2.14 bits per heavy atom. The molecule has 1 amide bonds. The number of amides is 1. The maximum absolute atomic E-state index is 13.2. The second kappa shape index (κ2) is 8.72. The Bertz CT molecular complexity index is 829. The summed E-state index contributed by atoms with van der Waals surface area (Å²) in [5.74, 6) is -0.408. The molecule has 0 aromatic heterocycles. The van der Waals surface area contributed by atoms with Crippen molar-refractivity contribution in [2.75, 3.05) is 6.67 Å². The smallest absolute Gasteiger partial charge is 0.268 e. The van der Waals surface area contributed by atoms with Crippen LogP contribution >= 0.6 is 12.2 Å². The summed E-state index contributed by atoms with van der Waals surface area (Å²) in [5.41, 5.74) is 3.66. The molecule has 2 aromatic rings. The van der Waals surface area contributed by atoms with E-state index in [-0.39, 0.29) is 11.7 Å². The first kappa shape index (κ1) is 21.9. The Kier molecular flexibility index (Phi) is 6.82. The van der Waals surface area contributed by atoms with Gasteiger partial charge in [0.15, 0.2) is 0 Å². The minimum Gasteiger partial charge on any atom is -0.392 e. The predicted octanol–water partition coefficient (Wildman–Crippen LogP) is 2.69. The van der Waals surface area contributed by atoms with E-state index in [1.807, 2.05) is 42.5 Å². The van der Waals surface area contributed by atoms with Gasteiger partial charge in [0.05, 0.1) is 11.7 Å². The Hall–Kier alpha value is -2.42. The van der Waals surface area contributed by atoms with Crippen molar-refractivity contribution in [3.63, 3.8) is 0 Å². The molecule has 2 rings (SSSR count). The molecule has 5 N–H and O–H groups in total. The Morgan fingerprint density at radius 1 is 1.11 bits per heavy atom. The third-order valence-corrected chi connectivity index (χ3v) is 5.28. The number of hydrogen-bond donors (Lipinski definition) is 4. The van der Waals surface area contributed by atoms with Gasteiger partial charge in [0.25, 0.3) is 12.3 Å². The van der Waals surface area contributed by atoms with Gasteiger partial charge in [-0.05, 0) is 37.1 Å². The highest BCUT2D eigenvalue weighted by Gasteiger charge is 2.52. The van der Waals surface area contributed by atoms with Gasteiger partial charge in [-0.3, -0.25) is 10.1 Å². The van der Waals surface area contributed by atoms with Crippen LogP contribution in [-0.4, -0.2) is 40.2 Å². The molecule has 0 bridgehead atoms. The van der Waals surface area contributed by atoms with Gasteiger partial charge in [-0.2, -0.15) is 0 Å². The number of carbonyl (C=O) groups excluding carboxylic acids is 1. The van der Waals surface area contributed by atoms with Crippen molar-refractivity contribution in [3.05, 3.63) is 60.2 Å². The van der Waals surface area contributed by atoms with Crippen molar-refractivity contribution in [2.45, 2.75) is 31.4 Å². The number of benzene rings is 2. The lowest BCUT2D eigenvalue weighted by atomic mass is 9.82. The average Bonchev–Trinajstić information content (AvgIpc) is 2.68. The number of carbonyl (C=O) groups is 1. The van der Waals surface area contributed by atoms with Crippen LogP contribution in [0.15, 0.2) is 54.6 Å². The highest BCUT2D eigenvalue weighted by Crippen LogP contribution is 2.29. The number of hydrogen-bond acceptors (Lipinski definition) is 4. The first-order valence-corrected chi connectivity index (χ1v) is 8.99. The standard InChI is InChI=1S/C20H23F2N3O2S/c1-19(18(23)28,20(2,27)17(21)22)25-12-24-16(26)15-10-8-14(9-11-15)13-6-4-3-5-7-13/h3-11,17,25,27H,12H2,1-2H3,(H2,23,28)(H,24,26). The average molecular weight is 407 g/mol. The fourth-order valence-electron chi connectivity index (χ4n) is 2.58. The van der Waals surface area contributed by atoms with Crippen LogP contribution in [0.2, 0.25) is 0 Å². The number of aliphatic hydroxyl groups is 1. The third kappa shape index (κ3) is 4.52. The van der Waals surface area contributed by atoms with Crippen molar-refractivity contribution in [3.8, 4) is 11.1 Å². The highest BCUT2D eigenvalue weighted by atomic mass is 32.1. The van der Waals surface area contributed by atoms with Crippen LogP contribution in [-0.2, 0) is 0 Å². The summed E-state index contributed by atoms with van der Waals surface area (Å²) < 4.78 is 26.4. The van der Waals surface area contributed by atoms with Gasteiger partial charge in [-0.25, -0.2) is 8.78 Å². The molecule has 0 spiro atoms. The van der Waals surface area contributed by atoms with E-state index in [1.54, 1.807) is 12.1 Å². The van der Waals surface area contributed by atoms with Gasteiger partial charge in [-0.1, -0.05) is 54.7 Å². The fraction of sp³-hybridized carbons (Fsp3) is 0.300. The summed E-state index contributed by atoms with van der Waals surface area (Å²) in [5, 5.41) is 15.3. The van der Waals surface area contributed by atoms with E-state index in [1.165, 1.54) is 6.92 Å². The first-order valence-electron chi connectivity index (χ1n) is 8.58. The van der Waals surface area contributed by atoms with Crippen LogP contribution in [0.25, 0.3) is 11.1 Å². The number of nitrogens with one attached hydrogen (secondary N) is 2. The Labute approximate surface area is 167 Å². The van der Waals surface area contributed by atoms with Gasteiger partial charge in [0.2, 0.25) is 0 Å². The zero-order valence-corrected chi connectivity index (χ0v) is 16.4. The molecule has 2 unspecified atom stereocenters. The van der Waals surface area contributed by atoms with Gasteiger partial charge in [-0.15, -0.1) is 0 Å². The lowest BCUT2D eigenvalue weighted by Gasteiger charge is -2.42. The van der Waals surface area contributed by atoms with E-state index in [2.05, 4.69) is 10.6 Å².